The maximum absolute atomic E-state index is 11.7. The standard InChI is InChI=1S/C16H34O6Si3/c1-9-14(20-16(19)11-10-15(17)18)12-13-25(8,21-23(2,3)4)22-24(5,6)7/h10-11,14H,9,12-13H2,1-8H3,(H,17,18)/b11-10+. The lowest BCUT2D eigenvalue weighted by Crippen LogP contribution is -2.52. The topological polar surface area (TPSA) is 82.1 Å². The van der Waals surface area contributed by atoms with Crippen molar-refractivity contribution in [2.45, 2.75) is 77.7 Å². The summed E-state index contributed by atoms with van der Waals surface area (Å²) in [7, 11) is -5.88. The van der Waals surface area contributed by atoms with Gasteiger partial charge in [-0.1, -0.05) is 6.92 Å². The largest absolute Gasteiger partial charge is 0.478 e. The molecule has 0 bridgehead atoms. The Kier molecular flexibility index (Phi) is 9.52. The van der Waals surface area contributed by atoms with Crippen LogP contribution in [0.2, 0.25) is 51.9 Å². The van der Waals surface area contributed by atoms with Crippen molar-refractivity contribution in [3.8, 4) is 0 Å². The molecule has 0 aromatic carbocycles. The smallest absolute Gasteiger partial charge is 0.331 e. The first-order chi connectivity index (χ1) is 11.2. The third kappa shape index (κ3) is 13.2. The molecule has 0 aliphatic carbocycles. The van der Waals surface area contributed by atoms with Gasteiger partial charge in [0.25, 0.3) is 0 Å². The molecule has 0 aromatic heterocycles. The number of hydrogen-bond donors (Lipinski definition) is 1. The molecular formula is C16H34O6Si3. The average Bonchev–Trinajstić information content (AvgIpc) is 2.36. The highest BCUT2D eigenvalue weighted by atomic mass is 28.5. The van der Waals surface area contributed by atoms with Crippen molar-refractivity contribution < 1.29 is 27.7 Å². The van der Waals surface area contributed by atoms with Crippen LogP contribution in [0.4, 0.5) is 0 Å². The van der Waals surface area contributed by atoms with Gasteiger partial charge in [-0.15, -0.1) is 0 Å². The minimum atomic E-state index is -2.37. The molecule has 0 saturated carbocycles. The molecule has 0 rings (SSSR count). The van der Waals surface area contributed by atoms with Gasteiger partial charge in [0.2, 0.25) is 0 Å². The second kappa shape index (κ2) is 9.81. The van der Waals surface area contributed by atoms with Gasteiger partial charge in [-0.2, -0.15) is 0 Å². The highest BCUT2D eigenvalue weighted by Gasteiger charge is 2.40. The Bertz CT molecular complexity index is 463. The molecular weight excluding hydrogens is 372 g/mol. The molecule has 0 radical (unpaired) electrons. The molecule has 0 aliphatic rings. The van der Waals surface area contributed by atoms with Crippen molar-refractivity contribution in [3.05, 3.63) is 12.2 Å². The summed E-state index contributed by atoms with van der Waals surface area (Å²) in [4.78, 5) is 22.2. The lowest BCUT2D eigenvalue weighted by molar-refractivity contribution is -0.143. The molecule has 1 N–H and O–H groups in total. The molecule has 0 aliphatic heterocycles. The molecule has 1 atom stereocenters. The Balaban J connectivity index is 4.93. The Hall–Kier alpha value is -0.749. The van der Waals surface area contributed by atoms with Crippen molar-refractivity contribution in [3.63, 3.8) is 0 Å². The highest BCUT2D eigenvalue weighted by Crippen LogP contribution is 2.27. The number of carbonyl (C=O) groups excluding carboxylic acids is 1. The third-order valence-electron chi connectivity index (χ3n) is 3.06. The minimum absolute atomic E-state index is 0.270. The van der Waals surface area contributed by atoms with E-state index in [2.05, 4.69) is 45.8 Å². The Morgan fingerprint density at radius 3 is 1.80 bits per heavy atom. The lowest BCUT2D eigenvalue weighted by atomic mass is 10.2. The zero-order valence-electron chi connectivity index (χ0n) is 16.8. The van der Waals surface area contributed by atoms with Gasteiger partial charge in [-0.3, -0.25) is 0 Å². The maximum atomic E-state index is 11.7. The second-order valence-corrected chi connectivity index (χ2v) is 21.1. The van der Waals surface area contributed by atoms with Crippen LogP contribution in [0, 0.1) is 0 Å². The summed E-state index contributed by atoms with van der Waals surface area (Å²) < 4.78 is 18.2. The van der Waals surface area contributed by atoms with Crippen LogP contribution in [0.3, 0.4) is 0 Å². The zero-order valence-corrected chi connectivity index (χ0v) is 19.8. The second-order valence-electron chi connectivity index (χ2n) is 8.24. The number of aliphatic carboxylic acids is 1. The van der Waals surface area contributed by atoms with Crippen LogP contribution in [-0.4, -0.2) is 48.3 Å². The molecule has 0 saturated heterocycles. The van der Waals surface area contributed by atoms with Crippen molar-refractivity contribution >= 4 is 37.1 Å². The predicted molar refractivity (Wildman–Crippen MR) is 107 cm³/mol. The fourth-order valence-corrected chi connectivity index (χ4v) is 15.1. The molecule has 1 unspecified atom stereocenters. The molecule has 0 spiro atoms. The van der Waals surface area contributed by atoms with Gasteiger partial charge in [0.05, 0.1) is 0 Å². The van der Waals surface area contributed by atoms with Crippen molar-refractivity contribution in [1.29, 1.82) is 0 Å². The van der Waals surface area contributed by atoms with Crippen LogP contribution in [0.15, 0.2) is 12.2 Å². The molecule has 6 nitrogen and oxygen atoms in total. The van der Waals surface area contributed by atoms with Crippen molar-refractivity contribution in [1.82, 2.24) is 0 Å². The summed E-state index contributed by atoms with van der Waals surface area (Å²) in [5, 5.41) is 8.57. The normalized spacial score (nSPS) is 14.6. The number of rotatable bonds is 11. The van der Waals surface area contributed by atoms with E-state index in [-0.39, 0.29) is 6.10 Å². The SMILES string of the molecule is CCC(CC[Si](C)(O[Si](C)(C)C)O[Si](C)(C)C)OC(=O)/C=C/C(=O)O. The summed E-state index contributed by atoms with van der Waals surface area (Å²) in [5.74, 6) is -1.80. The quantitative estimate of drug-likeness (QED) is 0.316. The number of carbonyl (C=O) groups is 2. The van der Waals surface area contributed by atoms with E-state index in [9.17, 15) is 9.59 Å². The van der Waals surface area contributed by atoms with E-state index >= 15 is 0 Å². The Morgan fingerprint density at radius 2 is 1.44 bits per heavy atom. The summed E-state index contributed by atoms with van der Waals surface area (Å²) >= 11 is 0. The summed E-state index contributed by atoms with van der Waals surface area (Å²) in [5.41, 5.74) is 0. The van der Waals surface area contributed by atoms with E-state index in [0.717, 1.165) is 18.2 Å². The number of ether oxygens (including phenoxy) is 1. The van der Waals surface area contributed by atoms with Gasteiger partial charge in [0, 0.05) is 12.2 Å². The van der Waals surface area contributed by atoms with Crippen LogP contribution in [-0.2, 0) is 22.6 Å². The van der Waals surface area contributed by atoms with Crippen LogP contribution in [0.5, 0.6) is 0 Å². The van der Waals surface area contributed by atoms with E-state index in [1.54, 1.807) is 0 Å². The number of hydrogen-bond acceptors (Lipinski definition) is 5. The van der Waals surface area contributed by atoms with E-state index in [1.165, 1.54) is 0 Å². The minimum Gasteiger partial charge on any atom is -0.478 e. The molecule has 25 heavy (non-hydrogen) atoms. The molecule has 0 heterocycles. The van der Waals surface area contributed by atoms with Gasteiger partial charge in [0.1, 0.15) is 6.10 Å². The predicted octanol–water partition coefficient (Wildman–Crippen LogP) is 4.11. The summed E-state index contributed by atoms with van der Waals surface area (Å²) in [6.07, 6.45) is 2.78. The molecule has 0 amide bonds. The third-order valence-corrected chi connectivity index (χ3v) is 12.6. The van der Waals surface area contributed by atoms with Crippen molar-refractivity contribution in [2.75, 3.05) is 0 Å². The molecule has 0 fully saturated rings. The first kappa shape index (κ1) is 24.3. The summed E-state index contributed by atoms with van der Waals surface area (Å²) in [6, 6.07) is 0.746. The highest BCUT2D eigenvalue weighted by molar-refractivity contribution is 6.87. The Labute approximate surface area is 155 Å². The lowest BCUT2D eigenvalue weighted by Gasteiger charge is -2.39. The van der Waals surface area contributed by atoms with Gasteiger partial charge in [0.15, 0.2) is 16.6 Å². The van der Waals surface area contributed by atoms with E-state index in [1.807, 2.05) is 6.92 Å². The zero-order chi connectivity index (χ0) is 19.9. The van der Waals surface area contributed by atoms with Crippen LogP contribution in [0.25, 0.3) is 0 Å². The van der Waals surface area contributed by atoms with E-state index in [0.29, 0.717) is 12.8 Å². The monoisotopic (exact) mass is 406 g/mol. The van der Waals surface area contributed by atoms with Crippen LogP contribution >= 0.6 is 0 Å². The first-order valence-corrected chi connectivity index (χ1v) is 18.0. The van der Waals surface area contributed by atoms with E-state index in [4.69, 9.17) is 18.1 Å². The van der Waals surface area contributed by atoms with Crippen LogP contribution < -0.4 is 0 Å². The molecule has 9 heteroatoms. The van der Waals surface area contributed by atoms with Gasteiger partial charge < -0.3 is 18.1 Å². The fraction of sp³-hybridized carbons (Fsp3) is 0.750. The van der Waals surface area contributed by atoms with Gasteiger partial charge in [-0.05, 0) is 64.7 Å². The molecule has 0 aromatic rings. The maximum Gasteiger partial charge on any atom is 0.331 e. The van der Waals surface area contributed by atoms with E-state index < -0.39 is 37.1 Å². The van der Waals surface area contributed by atoms with Crippen LogP contribution in [0.1, 0.15) is 19.8 Å². The first-order valence-electron chi connectivity index (χ1n) is 8.68. The summed E-state index contributed by atoms with van der Waals surface area (Å²) in [6.45, 7) is 17.0. The number of carboxylic acids is 1. The number of carboxylic acid groups (broad SMARTS) is 1. The average molecular weight is 407 g/mol. The van der Waals surface area contributed by atoms with Crippen molar-refractivity contribution in [2.24, 2.45) is 0 Å². The molecule has 146 valence electrons. The Morgan fingerprint density at radius 1 is 0.960 bits per heavy atom. The van der Waals surface area contributed by atoms with Gasteiger partial charge >= 0.3 is 20.5 Å². The van der Waals surface area contributed by atoms with Gasteiger partial charge in [-0.25, -0.2) is 9.59 Å². The number of esters is 1. The fourth-order valence-electron chi connectivity index (χ4n) is 2.53.